The molecule has 2 heterocycles. The highest BCUT2D eigenvalue weighted by molar-refractivity contribution is 6.04. The molecule has 0 aliphatic rings. The van der Waals surface area contributed by atoms with Crippen LogP contribution < -0.4 is 10.6 Å². The Balaban J connectivity index is 2.05. The van der Waals surface area contributed by atoms with Crippen molar-refractivity contribution in [2.24, 2.45) is 0 Å². The molecule has 0 unspecified atom stereocenters. The summed E-state index contributed by atoms with van der Waals surface area (Å²) in [5, 5.41) is 10.2. The highest BCUT2D eigenvalue weighted by Gasteiger charge is 2.09. The summed E-state index contributed by atoms with van der Waals surface area (Å²) in [6.45, 7) is 6.98. The number of pyridine rings is 1. The number of aromatic nitrogens is 3. The quantitative estimate of drug-likeness (QED) is 0.857. The molecule has 6 nitrogen and oxygen atoms in total. The van der Waals surface area contributed by atoms with E-state index in [1.54, 1.807) is 29.2 Å². The lowest BCUT2D eigenvalue weighted by atomic mass is 10.2. The largest absolute Gasteiger partial charge is 0.370 e. The minimum Gasteiger partial charge on any atom is -0.370 e. The average Bonchev–Trinajstić information content (AvgIpc) is 2.94. The summed E-state index contributed by atoms with van der Waals surface area (Å²) in [5.41, 5.74) is 1.26. The number of anilines is 2. The maximum absolute atomic E-state index is 12.2. The van der Waals surface area contributed by atoms with Crippen LogP contribution in [0.2, 0.25) is 0 Å². The van der Waals surface area contributed by atoms with Gasteiger partial charge in [0.2, 0.25) is 0 Å². The normalized spacial score (nSPS) is 10.7. The lowest BCUT2D eigenvalue weighted by Gasteiger charge is -2.06. The maximum Gasteiger partial charge on any atom is 0.255 e. The van der Waals surface area contributed by atoms with E-state index in [1.807, 2.05) is 20.0 Å². The van der Waals surface area contributed by atoms with E-state index < -0.39 is 0 Å². The molecular weight excluding hydrogens is 266 g/mol. The van der Waals surface area contributed by atoms with Crippen molar-refractivity contribution in [3.05, 3.63) is 36.3 Å². The van der Waals surface area contributed by atoms with Crippen LogP contribution in [0.1, 0.15) is 43.6 Å². The van der Waals surface area contributed by atoms with Gasteiger partial charge in [-0.1, -0.05) is 6.92 Å². The summed E-state index contributed by atoms with van der Waals surface area (Å²) < 4.78 is 1.80. The Hall–Kier alpha value is -2.37. The fraction of sp³-hybridized carbons (Fsp3) is 0.400. The molecule has 0 aromatic carbocycles. The van der Waals surface area contributed by atoms with Gasteiger partial charge in [-0.3, -0.25) is 9.48 Å². The van der Waals surface area contributed by atoms with E-state index in [2.05, 4.69) is 27.6 Å². The van der Waals surface area contributed by atoms with Crippen LogP contribution in [-0.2, 0) is 0 Å². The van der Waals surface area contributed by atoms with E-state index in [9.17, 15) is 4.79 Å². The molecule has 0 saturated heterocycles. The molecule has 0 aliphatic carbocycles. The van der Waals surface area contributed by atoms with E-state index in [1.165, 1.54) is 0 Å². The molecule has 0 spiro atoms. The number of nitrogens with one attached hydrogen (secondary N) is 2. The SMILES string of the molecule is CCCNc1cc(C(=O)Nc2cnn(C(C)C)c2)ccn1. The summed E-state index contributed by atoms with van der Waals surface area (Å²) >= 11 is 0. The fourth-order valence-electron chi connectivity index (χ4n) is 1.81. The molecule has 2 N–H and O–H groups in total. The van der Waals surface area contributed by atoms with Gasteiger partial charge in [0.25, 0.3) is 5.91 Å². The van der Waals surface area contributed by atoms with Crippen LogP contribution in [0.4, 0.5) is 11.5 Å². The Morgan fingerprint density at radius 2 is 2.24 bits per heavy atom. The topological polar surface area (TPSA) is 71.8 Å². The van der Waals surface area contributed by atoms with Crippen molar-refractivity contribution in [2.45, 2.75) is 33.2 Å². The monoisotopic (exact) mass is 287 g/mol. The maximum atomic E-state index is 12.2. The first-order valence-electron chi connectivity index (χ1n) is 7.15. The first-order chi connectivity index (χ1) is 10.1. The molecule has 6 heteroatoms. The van der Waals surface area contributed by atoms with Crippen LogP contribution in [0.5, 0.6) is 0 Å². The van der Waals surface area contributed by atoms with Crippen molar-refractivity contribution >= 4 is 17.4 Å². The lowest BCUT2D eigenvalue weighted by molar-refractivity contribution is 0.102. The number of amides is 1. The van der Waals surface area contributed by atoms with Crippen LogP contribution >= 0.6 is 0 Å². The molecule has 2 aromatic rings. The first-order valence-corrected chi connectivity index (χ1v) is 7.15. The molecule has 2 rings (SSSR count). The van der Waals surface area contributed by atoms with Gasteiger partial charge in [-0.25, -0.2) is 4.98 Å². The predicted octanol–water partition coefficient (Wildman–Crippen LogP) is 2.93. The number of hydrogen-bond donors (Lipinski definition) is 2. The molecule has 112 valence electrons. The summed E-state index contributed by atoms with van der Waals surface area (Å²) in [6, 6.07) is 3.71. The number of carbonyl (C=O) groups excluding carboxylic acids is 1. The van der Waals surface area contributed by atoms with Crippen molar-refractivity contribution in [1.82, 2.24) is 14.8 Å². The molecule has 0 radical (unpaired) electrons. The minimum atomic E-state index is -0.166. The third kappa shape index (κ3) is 4.05. The van der Waals surface area contributed by atoms with Gasteiger partial charge in [0.05, 0.1) is 11.9 Å². The lowest BCUT2D eigenvalue weighted by Crippen LogP contribution is -2.12. The smallest absolute Gasteiger partial charge is 0.255 e. The molecule has 0 fully saturated rings. The second kappa shape index (κ2) is 6.88. The second-order valence-electron chi connectivity index (χ2n) is 5.11. The van der Waals surface area contributed by atoms with Crippen LogP contribution in [0, 0.1) is 0 Å². The zero-order chi connectivity index (χ0) is 15.2. The van der Waals surface area contributed by atoms with Crippen LogP contribution in [0.25, 0.3) is 0 Å². The zero-order valence-electron chi connectivity index (χ0n) is 12.6. The van der Waals surface area contributed by atoms with Gasteiger partial charge in [0, 0.05) is 30.5 Å². The van der Waals surface area contributed by atoms with Crippen molar-refractivity contribution in [2.75, 3.05) is 17.2 Å². The number of hydrogen-bond acceptors (Lipinski definition) is 4. The summed E-state index contributed by atoms with van der Waals surface area (Å²) in [6.07, 6.45) is 6.10. The van der Waals surface area contributed by atoms with Crippen molar-refractivity contribution in [1.29, 1.82) is 0 Å². The third-order valence-electron chi connectivity index (χ3n) is 2.97. The molecule has 21 heavy (non-hydrogen) atoms. The molecule has 2 aromatic heterocycles. The minimum absolute atomic E-state index is 0.166. The predicted molar refractivity (Wildman–Crippen MR) is 83.6 cm³/mol. The summed E-state index contributed by atoms with van der Waals surface area (Å²) in [5.74, 6) is 0.544. The molecule has 0 atom stereocenters. The van der Waals surface area contributed by atoms with Gasteiger partial charge in [-0.05, 0) is 32.4 Å². The Bertz CT molecular complexity index is 606. The Morgan fingerprint density at radius 1 is 1.43 bits per heavy atom. The zero-order valence-corrected chi connectivity index (χ0v) is 12.6. The highest BCUT2D eigenvalue weighted by Crippen LogP contribution is 2.13. The van der Waals surface area contributed by atoms with E-state index >= 15 is 0 Å². The van der Waals surface area contributed by atoms with E-state index in [4.69, 9.17) is 0 Å². The first kappa shape index (κ1) is 15.0. The van der Waals surface area contributed by atoms with Gasteiger partial charge < -0.3 is 10.6 Å². The fourth-order valence-corrected chi connectivity index (χ4v) is 1.81. The number of nitrogens with zero attached hydrogens (tertiary/aromatic N) is 3. The second-order valence-corrected chi connectivity index (χ2v) is 5.11. The summed E-state index contributed by atoms with van der Waals surface area (Å²) in [7, 11) is 0. The van der Waals surface area contributed by atoms with E-state index in [0.717, 1.165) is 13.0 Å². The molecule has 0 aliphatic heterocycles. The van der Waals surface area contributed by atoms with Gasteiger partial charge in [0.1, 0.15) is 5.82 Å². The Labute approximate surface area is 124 Å². The Morgan fingerprint density at radius 3 is 2.90 bits per heavy atom. The molecular formula is C15H21N5O. The van der Waals surface area contributed by atoms with Crippen molar-refractivity contribution in [3.63, 3.8) is 0 Å². The average molecular weight is 287 g/mol. The van der Waals surface area contributed by atoms with Gasteiger partial charge in [-0.2, -0.15) is 5.10 Å². The van der Waals surface area contributed by atoms with Gasteiger partial charge in [0.15, 0.2) is 0 Å². The molecule has 0 saturated carbocycles. The molecule has 0 bridgehead atoms. The van der Waals surface area contributed by atoms with Crippen molar-refractivity contribution in [3.8, 4) is 0 Å². The third-order valence-corrected chi connectivity index (χ3v) is 2.97. The molecule has 1 amide bonds. The van der Waals surface area contributed by atoms with E-state index in [0.29, 0.717) is 17.1 Å². The summed E-state index contributed by atoms with van der Waals surface area (Å²) in [4.78, 5) is 16.4. The van der Waals surface area contributed by atoms with E-state index in [-0.39, 0.29) is 11.9 Å². The van der Waals surface area contributed by atoms with Gasteiger partial charge >= 0.3 is 0 Å². The van der Waals surface area contributed by atoms with Crippen molar-refractivity contribution < 1.29 is 4.79 Å². The number of rotatable bonds is 6. The van der Waals surface area contributed by atoms with Crippen LogP contribution in [-0.4, -0.2) is 27.2 Å². The number of carbonyl (C=O) groups is 1. The van der Waals surface area contributed by atoms with Crippen LogP contribution in [0.15, 0.2) is 30.7 Å². The standard InChI is InChI=1S/C15H21N5O/c1-4-6-16-14-8-12(5-7-17-14)15(21)19-13-9-18-20(10-13)11(2)3/h5,7-11H,4,6H2,1-3H3,(H,16,17)(H,19,21). The van der Waals surface area contributed by atoms with Gasteiger partial charge in [-0.15, -0.1) is 0 Å². The highest BCUT2D eigenvalue weighted by atomic mass is 16.1. The Kier molecular flexibility index (Phi) is 4.92. The van der Waals surface area contributed by atoms with Crippen LogP contribution in [0.3, 0.4) is 0 Å².